The molecule has 1 aromatic carbocycles. The number of hydrogen-bond donors (Lipinski definition) is 0. The number of methoxy groups -OCH3 is 2. The van der Waals surface area contributed by atoms with Gasteiger partial charge in [0, 0.05) is 14.2 Å². The molecule has 28 heavy (non-hydrogen) atoms. The SMILES string of the molecule is COC(CCCCCCCCCCCC=COCOCc1ccccc1)OC. The molecule has 0 aliphatic rings. The number of rotatable bonds is 19. The van der Waals surface area contributed by atoms with Crippen LogP contribution in [0.3, 0.4) is 0 Å². The van der Waals surface area contributed by atoms with E-state index in [-0.39, 0.29) is 6.29 Å². The maximum absolute atomic E-state index is 5.46. The van der Waals surface area contributed by atoms with Crippen LogP contribution in [0.15, 0.2) is 42.7 Å². The van der Waals surface area contributed by atoms with Crippen molar-refractivity contribution >= 4 is 0 Å². The Balaban J connectivity index is 1.76. The Morgan fingerprint density at radius 2 is 1.39 bits per heavy atom. The van der Waals surface area contributed by atoms with E-state index in [1.54, 1.807) is 20.5 Å². The van der Waals surface area contributed by atoms with Crippen LogP contribution in [0.4, 0.5) is 0 Å². The minimum Gasteiger partial charge on any atom is -0.475 e. The first-order valence-electron chi connectivity index (χ1n) is 10.8. The summed E-state index contributed by atoms with van der Waals surface area (Å²) in [6.07, 6.45) is 17.7. The van der Waals surface area contributed by atoms with Crippen LogP contribution in [-0.4, -0.2) is 27.3 Å². The lowest BCUT2D eigenvalue weighted by molar-refractivity contribution is -0.107. The molecule has 0 N–H and O–H groups in total. The van der Waals surface area contributed by atoms with Gasteiger partial charge in [0.05, 0.1) is 12.9 Å². The minimum atomic E-state index is -0.0266. The highest BCUT2D eigenvalue weighted by Gasteiger charge is 2.03. The van der Waals surface area contributed by atoms with Gasteiger partial charge in [-0.05, 0) is 37.3 Å². The van der Waals surface area contributed by atoms with Crippen LogP contribution < -0.4 is 0 Å². The van der Waals surface area contributed by atoms with Gasteiger partial charge in [0.15, 0.2) is 13.1 Å². The fourth-order valence-corrected chi connectivity index (χ4v) is 3.10. The average Bonchev–Trinajstić information content (AvgIpc) is 2.74. The third-order valence-corrected chi connectivity index (χ3v) is 4.79. The number of benzene rings is 1. The van der Waals surface area contributed by atoms with Gasteiger partial charge in [-0.2, -0.15) is 0 Å². The smallest absolute Gasteiger partial charge is 0.188 e. The molecule has 0 aliphatic carbocycles. The van der Waals surface area contributed by atoms with Gasteiger partial charge in [-0.25, -0.2) is 0 Å². The molecule has 0 aliphatic heterocycles. The van der Waals surface area contributed by atoms with Gasteiger partial charge in [-0.1, -0.05) is 75.3 Å². The molecular weight excluding hydrogens is 352 g/mol. The lowest BCUT2D eigenvalue weighted by atomic mass is 10.1. The van der Waals surface area contributed by atoms with Gasteiger partial charge < -0.3 is 18.9 Å². The standard InChI is InChI=1S/C24H40O4/c1-25-24(26-2)19-15-10-8-6-4-3-5-7-9-11-16-20-27-22-28-21-23-17-13-12-14-18-23/h12-14,16-18,20,24H,3-11,15,19,21-22H2,1-2H3. The van der Waals surface area contributed by atoms with E-state index >= 15 is 0 Å². The van der Waals surface area contributed by atoms with Crippen molar-refractivity contribution in [2.45, 2.75) is 83.5 Å². The first-order chi connectivity index (χ1) is 13.9. The van der Waals surface area contributed by atoms with Crippen molar-refractivity contribution in [1.29, 1.82) is 0 Å². The predicted molar refractivity (Wildman–Crippen MR) is 115 cm³/mol. The van der Waals surface area contributed by atoms with E-state index in [0.29, 0.717) is 13.4 Å². The van der Waals surface area contributed by atoms with Crippen molar-refractivity contribution in [2.24, 2.45) is 0 Å². The summed E-state index contributed by atoms with van der Waals surface area (Å²) >= 11 is 0. The summed E-state index contributed by atoms with van der Waals surface area (Å²) in [5.41, 5.74) is 1.17. The van der Waals surface area contributed by atoms with Gasteiger partial charge in [0.2, 0.25) is 0 Å². The summed E-state index contributed by atoms with van der Waals surface area (Å²) in [6.45, 7) is 0.901. The first kappa shape index (κ1) is 24.7. The molecule has 0 saturated carbocycles. The van der Waals surface area contributed by atoms with E-state index in [1.807, 2.05) is 18.2 Å². The van der Waals surface area contributed by atoms with Crippen molar-refractivity contribution in [1.82, 2.24) is 0 Å². The number of unbranched alkanes of at least 4 members (excludes halogenated alkanes) is 9. The monoisotopic (exact) mass is 392 g/mol. The molecule has 160 valence electrons. The predicted octanol–water partition coefficient (Wildman–Crippen LogP) is 6.60. The minimum absolute atomic E-state index is 0.0266. The Kier molecular flexibility index (Phi) is 16.7. The lowest BCUT2D eigenvalue weighted by Gasteiger charge is -2.12. The van der Waals surface area contributed by atoms with E-state index in [0.717, 1.165) is 12.8 Å². The largest absolute Gasteiger partial charge is 0.475 e. The molecule has 0 saturated heterocycles. The fourth-order valence-electron chi connectivity index (χ4n) is 3.10. The molecule has 0 amide bonds. The number of allylic oxidation sites excluding steroid dienone is 1. The van der Waals surface area contributed by atoms with E-state index in [9.17, 15) is 0 Å². The van der Waals surface area contributed by atoms with Crippen LogP contribution in [-0.2, 0) is 25.6 Å². The zero-order chi connectivity index (χ0) is 20.1. The van der Waals surface area contributed by atoms with Crippen molar-refractivity contribution in [2.75, 3.05) is 21.0 Å². The van der Waals surface area contributed by atoms with Gasteiger partial charge in [0.25, 0.3) is 0 Å². The highest BCUT2D eigenvalue weighted by atomic mass is 16.7. The molecule has 0 spiro atoms. The molecule has 1 rings (SSSR count). The van der Waals surface area contributed by atoms with E-state index < -0.39 is 0 Å². The fraction of sp³-hybridized carbons (Fsp3) is 0.667. The summed E-state index contributed by atoms with van der Waals surface area (Å²) < 4.78 is 21.2. The maximum atomic E-state index is 5.46. The molecule has 0 unspecified atom stereocenters. The van der Waals surface area contributed by atoms with Crippen molar-refractivity contribution in [3.63, 3.8) is 0 Å². The lowest BCUT2D eigenvalue weighted by Crippen LogP contribution is -2.12. The second kappa shape index (κ2) is 19.0. The zero-order valence-corrected chi connectivity index (χ0v) is 17.9. The zero-order valence-electron chi connectivity index (χ0n) is 17.9. The Bertz CT molecular complexity index is 457. The van der Waals surface area contributed by atoms with Crippen LogP contribution in [0.1, 0.15) is 76.2 Å². The Hall–Kier alpha value is -1.36. The second-order valence-electron chi connectivity index (χ2n) is 7.15. The molecule has 0 atom stereocenters. The number of ether oxygens (including phenoxy) is 4. The Morgan fingerprint density at radius 1 is 0.786 bits per heavy atom. The van der Waals surface area contributed by atoms with Crippen LogP contribution in [0.25, 0.3) is 0 Å². The highest BCUT2D eigenvalue weighted by Crippen LogP contribution is 2.13. The summed E-state index contributed by atoms with van der Waals surface area (Å²) in [6, 6.07) is 10.1. The maximum Gasteiger partial charge on any atom is 0.188 e. The molecule has 0 aromatic heterocycles. The Morgan fingerprint density at radius 3 is 2.04 bits per heavy atom. The van der Waals surface area contributed by atoms with Crippen molar-refractivity contribution < 1.29 is 18.9 Å². The van der Waals surface area contributed by atoms with Crippen LogP contribution >= 0.6 is 0 Å². The molecule has 0 bridgehead atoms. The topological polar surface area (TPSA) is 36.9 Å². The van der Waals surface area contributed by atoms with Crippen molar-refractivity contribution in [3.8, 4) is 0 Å². The molecule has 0 heterocycles. The molecule has 4 heteroatoms. The summed E-state index contributed by atoms with van der Waals surface area (Å²) in [5, 5.41) is 0. The molecule has 4 nitrogen and oxygen atoms in total. The van der Waals surface area contributed by atoms with E-state index in [4.69, 9.17) is 18.9 Å². The summed E-state index contributed by atoms with van der Waals surface area (Å²) in [7, 11) is 3.41. The first-order valence-corrected chi connectivity index (χ1v) is 10.8. The quantitative estimate of drug-likeness (QED) is 0.151. The van der Waals surface area contributed by atoms with Crippen LogP contribution in [0.5, 0.6) is 0 Å². The average molecular weight is 393 g/mol. The van der Waals surface area contributed by atoms with Gasteiger partial charge >= 0.3 is 0 Å². The molecule has 0 radical (unpaired) electrons. The summed E-state index contributed by atoms with van der Waals surface area (Å²) in [5.74, 6) is 0. The van der Waals surface area contributed by atoms with Crippen LogP contribution in [0.2, 0.25) is 0 Å². The third-order valence-electron chi connectivity index (χ3n) is 4.79. The van der Waals surface area contributed by atoms with Gasteiger partial charge in [-0.15, -0.1) is 0 Å². The molecule has 0 fully saturated rings. The Labute approximate surface area is 172 Å². The van der Waals surface area contributed by atoms with Gasteiger partial charge in [0.1, 0.15) is 0 Å². The molecule has 1 aromatic rings. The second-order valence-corrected chi connectivity index (χ2v) is 7.15. The van der Waals surface area contributed by atoms with Crippen molar-refractivity contribution in [3.05, 3.63) is 48.2 Å². The van der Waals surface area contributed by atoms with Crippen LogP contribution in [0, 0.1) is 0 Å². The van der Waals surface area contributed by atoms with E-state index in [2.05, 4.69) is 18.2 Å². The van der Waals surface area contributed by atoms with E-state index in [1.165, 1.54) is 63.4 Å². The number of hydrogen-bond acceptors (Lipinski definition) is 4. The third kappa shape index (κ3) is 14.7. The normalized spacial score (nSPS) is 11.5. The highest BCUT2D eigenvalue weighted by molar-refractivity contribution is 5.13. The molecular formula is C24H40O4. The van der Waals surface area contributed by atoms with Gasteiger partial charge in [-0.3, -0.25) is 0 Å². The summed E-state index contributed by atoms with van der Waals surface area (Å²) in [4.78, 5) is 0.